The molecule has 3 amide bonds. The van der Waals surface area contributed by atoms with E-state index in [9.17, 15) is 9.59 Å². The zero-order valence-electron chi connectivity index (χ0n) is 14.1. The first-order valence-electron chi connectivity index (χ1n) is 8.18. The maximum atomic E-state index is 12.6. The minimum atomic E-state index is -0.386. The Hall–Kier alpha value is -3.48. The number of carbonyl (C=O) groups excluding carboxylic acids is 2. The molecule has 0 unspecified atom stereocenters. The molecule has 0 saturated carbocycles. The fourth-order valence-electron chi connectivity index (χ4n) is 2.78. The summed E-state index contributed by atoms with van der Waals surface area (Å²) in [6.07, 6.45) is 0. The lowest BCUT2D eigenvalue weighted by molar-refractivity contribution is -0.125. The third-order valence-corrected chi connectivity index (χ3v) is 4.19. The number of urea groups is 1. The van der Waals surface area contributed by atoms with Gasteiger partial charge in [-0.3, -0.25) is 14.6 Å². The second kappa shape index (κ2) is 6.44. The van der Waals surface area contributed by atoms with Crippen molar-refractivity contribution < 1.29 is 14.1 Å². The maximum Gasteiger partial charge on any atom is 0.332 e. The Balaban J connectivity index is 1.52. The Morgan fingerprint density at radius 2 is 1.77 bits per heavy atom. The second-order valence-electron chi connectivity index (χ2n) is 6.07. The topological polar surface area (TPSA) is 79.5 Å². The highest BCUT2D eigenvalue weighted by Crippen LogP contribution is 2.23. The van der Waals surface area contributed by atoms with Crippen LogP contribution in [0.4, 0.5) is 10.5 Å². The number of benzene rings is 2. The first-order chi connectivity index (χ1) is 12.6. The number of carbonyl (C=O) groups is 2. The molecule has 1 fully saturated rings. The summed E-state index contributed by atoms with van der Waals surface area (Å²) in [6.45, 7) is 1.98. The van der Waals surface area contributed by atoms with E-state index in [0.29, 0.717) is 11.6 Å². The van der Waals surface area contributed by atoms with E-state index < -0.39 is 0 Å². The van der Waals surface area contributed by atoms with E-state index in [0.717, 1.165) is 16.0 Å². The van der Waals surface area contributed by atoms with Gasteiger partial charge >= 0.3 is 6.03 Å². The molecule has 4 rings (SSSR count). The Morgan fingerprint density at radius 1 is 1.04 bits per heavy atom. The number of nitrogens with zero attached hydrogens (tertiary/aromatic N) is 4. The van der Waals surface area contributed by atoms with Crippen molar-refractivity contribution in [3.8, 4) is 11.5 Å². The van der Waals surface area contributed by atoms with Crippen LogP contribution in [0.2, 0.25) is 0 Å². The van der Waals surface area contributed by atoms with Gasteiger partial charge in [0.15, 0.2) is 5.82 Å². The molecule has 3 aromatic rings. The Morgan fingerprint density at radius 3 is 2.50 bits per heavy atom. The van der Waals surface area contributed by atoms with Crippen molar-refractivity contribution in [1.82, 2.24) is 15.0 Å². The van der Waals surface area contributed by atoms with E-state index in [-0.39, 0.29) is 30.9 Å². The van der Waals surface area contributed by atoms with E-state index in [1.165, 1.54) is 4.90 Å². The molecule has 26 heavy (non-hydrogen) atoms. The van der Waals surface area contributed by atoms with Crippen molar-refractivity contribution in [3.63, 3.8) is 0 Å². The molecule has 0 N–H and O–H groups in total. The van der Waals surface area contributed by atoms with Gasteiger partial charge in [0.25, 0.3) is 11.8 Å². The standard InChI is InChI=1S/C19H16N4O3/c1-13-7-9-14(10-8-13)18-20-16(21-26-18)11-23-17(24)12-22(19(23)25)15-5-3-2-4-6-15/h2-10H,11-12H2,1H3. The Kier molecular flexibility index (Phi) is 3.96. The molecule has 130 valence electrons. The fourth-order valence-corrected chi connectivity index (χ4v) is 2.78. The first kappa shape index (κ1) is 16.0. The van der Waals surface area contributed by atoms with Gasteiger partial charge in [-0.15, -0.1) is 0 Å². The van der Waals surface area contributed by atoms with Crippen LogP contribution in [0.1, 0.15) is 11.4 Å². The molecule has 2 aromatic carbocycles. The predicted octanol–water partition coefficient (Wildman–Crippen LogP) is 3.01. The first-order valence-corrected chi connectivity index (χ1v) is 8.18. The van der Waals surface area contributed by atoms with Crippen LogP contribution in [-0.4, -0.2) is 33.5 Å². The number of para-hydroxylation sites is 1. The van der Waals surface area contributed by atoms with Gasteiger partial charge in [-0.2, -0.15) is 4.98 Å². The molecule has 1 aromatic heterocycles. The highest BCUT2D eigenvalue weighted by molar-refractivity contribution is 6.12. The maximum absolute atomic E-state index is 12.6. The molecule has 0 atom stereocenters. The van der Waals surface area contributed by atoms with Gasteiger partial charge in [-0.25, -0.2) is 4.79 Å². The summed E-state index contributed by atoms with van der Waals surface area (Å²) in [4.78, 5) is 31.7. The lowest BCUT2D eigenvalue weighted by atomic mass is 10.1. The molecule has 0 spiro atoms. The van der Waals surface area contributed by atoms with E-state index in [4.69, 9.17) is 4.52 Å². The smallest absolute Gasteiger partial charge is 0.332 e. The average Bonchev–Trinajstić information content (AvgIpc) is 3.23. The van der Waals surface area contributed by atoms with Gasteiger partial charge in [0.1, 0.15) is 6.54 Å². The van der Waals surface area contributed by atoms with Crippen molar-refractivity contribution in [2.75, 3.05) is 11.4 Å². The number of anilines is 1. The summed E-state index contributed by atoms with van der Waals surface area (Å²) in [5.41, 5.74) is 2.60. The number of hydrogen-bond donors (Lipinski definition) is 0. The largest absolute Gasteiger partial charge is 0.334 e. The van der Waals surface area contributed by atoms with Gasteiger partial charge < -0.3 is 4.52 Å². The molecule has 7 heteroatoms. The second-order valence-corrected chi connectivity index (χ2v) is 6.07. The van der Waals surface area contributed by atoms with Gasteiger partial charge in [0, 0.05) is 11.3 Å². The average molecular weight is 348 g/mol. The predicted molar refractivity (Wildman–Crippen MR) is 94.2 cm³/mol. The summed E-state index contributed by atoms with van der Waals surface area (Å²) in [5.74, 6) is 0.358. The third-order valence-electron chi connectivity index (χ3n) is 4.19. The number of aromatic nitrogens is 2. The summed E-state index contributed by atoms with van der Waals surface area (Å²) >= 11 is 0. The van der Waals surface area contributed by atoms with Crippen LogP contribution >= 0.6 is 0 Å². The minimum absolute atomic E-state index is 0.00547. The number of amides is 3. The van der Waals surface area contributed by atoms with Crippen molar-refractivity contribution >= 4 is 17.6 Å². The van der Waals surface area contributed by atoms with Crippen LogP contribution < -0.4 is 4.90 Å². The van der Waals surface area contributed by atoms with Gasteiger partial charge in [-0.1, -0.05) is 41.1 Å². The molecule has 2 heterocycles. The molecular weight excluding hydrogens is 332 g/mol. The van der Waals surface area contributed by atoms with Crippen LogP contribution in [-0.2, 0) is 11.3 Å². The SMILES string of the molecule is Cc1ccc(-c2nc(CN3C(=O)CN(c4ccccc4)C3=O)no2)cc1. The van der Waals surface area contributed by atoms with Crippen molar-refractivity contribution in [1.29, 1.82) is 0 Å². The molecule has 1 aliphatic heterocycles. The van der Waals surface area contributed by atoms with Crippen LogP contribution in [0, 0.1) is 6.92 Å². The molecule has 1 saturated heterocycles. The highest BCUT2D eigenvalue weighted by Gasteiger charge is 2.37. The fraction of sp³-hybridized carbons (Fsp3) is 0.158. The number of rotatable bonds is 4. The van der Waals surface area contributed by atoms with Gasteiger partial charge in [-0.05, 0) is 31.2 Å². The molecule has 0 aliphatic carbocycles. The zero-order chi connectivity index (χ0) is 18.1. The normalized spacial score (nSPS) is 14.3. The number of aryl methyl sites for hydroxylation is 1. The zero-order valence-corrected chi connectivity index (χ0v) is 14.1. The van der Waals surface area contributed by atoms with Gasteiger partial charge in [0.05, 0.1) is 6.54 Å². The number of imide groups is 1. The Bertz CT molecular complexity index is 950. The summed E-state index contributed by atoms with van der Waals surface area (Å²) < 4.78 is 5.26. The third kappa shape index (κ3) is 2.95. The van der Waals surface area contributed by atoms with Crippen LogP contribution in [0.5, 0.6) is 0 Å². The highest BCUT2D eigenvalue weighted by atomic mass is 16.5. The van der Waals surface area contributed by atoms with Crippen molar-refractivity contribution in [3.05, 3.63) is 66.0 Å². The molecule has 0 radical (unpaired) electrons. The summed E-state index contributed by atoms with van der Waals surface area (Å²) in [6, 6.07) is 16.4. The van der Waals surface area contributed by atoms with Crippen molar-refractivity contribution in [2.24, 2.45) is 0 Å². The quantitative estimate of drug-likeness (QED) is 0.677. The van der Waals surface area contributed by atoms with Crippen LogP contribution in [0.3, 0.4) is 0 Å². The van der Waals surface area contributed by atoms with E-state index in [1.54, 1.807) is 12.1 Å². The number of hydrogen-bond acceptors (Lipinski definition) is 5. The Labute approximate surface area is 149 Å². The summed E-state index contributed by atoms with van der Waals surface area (Å²) in [7, 11) is 0. The molecule has 7 nitrogen and oxygen atoms in total. The molecular formula is C19H16N4O3. The monoisotopic (exact) mass is 348 g/mol. The van der Waals surface area contributed by atoms with Crippen LogP contribution in [0.15, 0.2) is 59.1 Å². The van der Waals surface area contributed by atoms with Crippen LogP contribution in [0.25, 0.3) is 11.5 Å². The molecule has 1 aliphatic rings. The minimum Gasteiger partial charge on any atom is -0.334 e. The van der Waals surface area contributed by atoms with Crippen molar-refractivity contribution in [2.45, 2.75) is 13.5 Å². The van der Waals surface area contributed by atoms with E-state index in [1.807, 2.05) is 49.4 Å². The van der Waals surface area contributed by atoms with Gasteiger partial charge in [0.2, 0.25) is 0 Å². The van der Waals surface area contributed by atoms with E-state index in [2.05, 4.69) is 10.1 Å². The summed E-state index contributed by atoms with van der Waals surface area (Å²) in [5, 5.41) is 3.89. The molecule has 0 bridgehead atoms. The van der Waals surface area contributed by atoms with E-state index >= 15 is 0 Å². The lowest BCUT2D eigenvalue weighted by Gasteiger charge is -2.15. The lowest BCUT2D eigenvalue weighted by Crippen LogP contribution is -2.32.